The minimum absolute atomic E-state index is 0.0389. The van der Waals surface area contributed by atoms with Gasteiger partial charge >= 0.3 is 27.6 Å². The Balaban J connectivity index is 2.62. The third-order valence-corrected chi connectivity index (χ3v) is 12.0. The van der Waals surface area contributed by atoms with Crippen LogP contribution in [0.2, 0.25) is 0 Å². The van der Waals surface area contributed by atoms with Crippen LogP contribution in [-0.2, 0) is 41.8 Å². The van der Waals surface area contributed by atoms with Crippen molar-refractivity contribution in [3.63, 3.8) is 0 Å². The Morgan fingerprint density at radius 1 is 0.508 bits per heavy atom. The first-order valence-corrected chi connectivity index (χ1v) is 25.9. The molecule has 358 valence electrons. The van der Waals surface area contributed by atoms with Crippen molar-refractivity contribution in [2.24, 2.45) is 0 Å². The molecule has 1 aliphatic rings. The largest absolute Gasteiger partial charge is 0.472 e. The number of allylic oxidation sites excluding steroid dienone is 4. The average Bonchev–Trinajstić information content (AvgIpc) is 3.21. The van der Waals surface area contributed by atoms with Gasteiger partial charge in [-0.3, -0.25) is 23.2 Å². The molecule has 8 atom stereocenters. The zero-order chi connectivity index (χ0) is 45.4. The van der Waals surface area contributed by atoms with E-state index in [0.29, 0.717) is 12.8 Å². The number of rotatable bonds is 38. The van der Waals surface area contributed by atoms with Gasteiger partial charge in [-0.15, -0.1) is 0 Å². The lowest BCUT2D eigenvalue weighted by molar-refractivity contribution is -0.216. The number of aliphatic hydroxyl groups excluding tert-OH is 4. The molecule has 0 aromatic heterocycles. The molecule has 1 saturated carbocycles. The van der Waals surface area contributed by atoms with Crippen LogP contribution in [0, 0.1) is 0 Å². The summed E-state index contributed by atoms with van der Waals surface area (Å²) in [4.78, 5) is 54.2. The fourth-order valence-electron chi connectivity index (χ4n) is 6.90. The van der Waals surface area contributed by atoms with Gasteiger partial charge in [0.1, 0.15) is 43.2 Å². The molecule has 61 heavy (non-hydrogen) atoms. The standard InChI is InChI=1S/C43H80O16P2/c1-3-5-7-9-11-13-15-17-18-20-22-24-26-28-30-32-37(45)57-35(33-55-36(44)31-29-27-25-23-21-19-16-14-12-10-8-6-4-2)34-56-61(53,54)59-43-40(48)38(46)39(47)42(41(43)49)58-60(50,51)52/h13-16,35,38-43,46-49H,3-12,17-34H2,1-2H3,(H,53,54)(H2,50,51,52). The van der Waals surface area contributed by atoms with E-state index in [-0.39, 0.29) is 12.8 Å². The average molecular weight is 915 g/mol. The number of carbonyl (C=O) groups is 2. The van der Waals surface area contributed by atoms with Crippen molar-refractivity contribution >= 4 is 27.6 Å². The second kappa shape index (κ2) is 34.8. The van der Waals surface area contributed by atoms with Crippen molar-refractivity contribution in [1.82, 2.24) is 0 Å². The first-order valence-electron chi connectivity index (χ1n) is 22.9. The Labute approximate surface area is 364 Å². The summed E-state index contributed by atoms with van der Waals surface area (Å²) in [6, 6.07) is 0. The summed E-state index contributed by atoms with van der Waals surface area (Å²) in [5.41, 5.74) is 0. The molecule has 0 amide bonds. The molecule has 0 bridgehead atoms. The molecule has 1 fully saturated rings. The molecule has 0 saturated heterocycles. The van der Waals surface area contributed by atoms with E-state index in [2.05, 4.69) is 42.7 Å². The first kappa shape index (κ1) is 57.5. The van der Waals surface area contributed by atoms with Gasteiger partial charge < -0.3 is 44.6 Å². The quantitative estimate of drug-likeness (QED) is 0.0133. The van der Waals surface area contributed by atoms with Crippen LogP contribution < -0.4 is 0 Å². The van der Waals surface area contributed by atoms with Crippen molar-refractivity contribution in [3.05, 3.63) is 24.3 Å². The predicted molar refractivity (Wildman–Crippen MR) is 232 cm³/mol. The molecule has 8 unspecified atom stereocenters. The number of ether oxygens (including phenoxy) is 2. The monoisotopic (exact) mass is 914 g/mol. The molecule has 0 aromatic rings. The van der Waals surface area contributed by atoms with Crippen LogP contribution in [0.15, 0.2) is 24.3 Å². The molecule has 0 aliphatic heterocycles. The van der Waals surface area contributed by atoms with Crippen LogP contribution in [0.25, 0.3) is 0 Å². The summed E-state index contributed by atoms with van der Waals surface area (Å²) in [7, 11) is -10.7. The molecule has 0 heterocycles. The molecule has 0 aromatic carbocycles. The molecule has 7 N–H and O–H groups in total. The molecule has 0 radical (unpaired) electrons. The Bertz CT molecular complexity index is 1290. The first-order chi connectivity index (χ1) is 29.1. The molecule has 0 spiro atoms. The number of carbonyl (C=O) groups excluding carboxylic acids is 2. The van der Waals surface area contributed by atoms with Crippen LogP contribution in [-0.4, -0.2) is 103 Å². The molecule has 1 rings (SSSR count). The maximum absolute atomic E-state index is 13.0. The van der Waals surface area contributed by atoms with E-state index >= 15 is 0 Å². The van der Waals surface area contributed by atoms with Gasteiger partial charge in [-0.1, -0.05) is 128 Å². The van der Waals surface area contributed by atoms with Crippen molar-refractivity contribution in [1.29, 1.82) is 0 Å². The van der Waals surface area contributed by atoms with E-state index < -0.39 is 83.5 Å². The number of unbranched alkanes of at least 4 members (excludes halogenated alkanes) is 20. The molecule has 16 nitrogen and oxygen atoms in total. The van der Waals surface area contributed by atoms with E-state index in [1.165, 1.54) is 51.4 Å². The van der Waals surface area contributed by atoms with Crippen LogP contribution in [0.3, 0.4) is 0 Å². The van der Waals surface area contributed by atoms with Gasteiger partial charge in [-0.05, 0) is 64.2 Å². The highest BCUT2D eigenvalue weighted by Gasteiger charge is 2.54. The highest BCUT2D eigenvalue weighted by atomic mass is 31.2. The number of hydrogen-bond acceptors (Lipinski definition) is 13. The number of hydrogen-bond donors (Lipinski definition) is 7. The number of esters is 2. The van der Waals surface area contributed by atoms with Crippen LogP contribution in [0.4, 0.5) is 0 Å². The predicted octanol–water partition coefficient (Wildman–Crippen LogP) is 8.17. The molecular weight excluding hydrogens is 834 g/mol. The Morgan fingerprint density at radius 3 is 1.34 bits per heavy atom. The van der Waals surface area contributed by atoms with Crippen molar-refractivity contribution < 1.29 is 76.9 Å². The van der Waals surface area contributed by atoms with Crippen LogP contribution in [0.5, 0.6) is 0 Å². The van der Waals surface area contributed by atoms with Gasteiger partial charge in [-0.2, -0.15) is 0 Å². The zero-order valence-corrected chi connectivity index (χ0v) is 38.6. The van der Waals surface area contributed by atoms with Gasteiger partial charge in [0, 0.05) is 12.8 Å². The highest BCUT2D eigenvalue weighted by Crippen LogP contribution is 2.49. The second-order valence-electron chi connectivity index (χ2n) is 16.1. The maximum atomic E-state index is 13.0. The normalized spacial score (nSPS) is 22.4. The van der Waals surface area contributed by atoms with Gasteiger partial charge in [0.15, 0.2) is 6.10 Å². The number of phosphoric ester groups is 2. The van der Waals surface area contributed by atoms with Crippen molar-refractivity contribution in [3.8, 4) is 0 Å². The zero-order valence-electron chi connectivity index (χ0n) is 36.8. The lowest BCUT2D eigenvalue weighted by Gasteiger charge is -2.43. The molecular formula is C43H80O16P2. The Morgan fingerprint density at radius 2 is 0.902 bits per heavy atom. The smallest absolute Gasteiger partial charge is 0.462 e. The Hall–Kier alpha value is -1.52. The fraction of sp³-hybridized carbons (Fsp3) is 0.860. The van der Waals surface area contributed by atoms with E-state index in [1.807, 2.05) is 0 Å². The summed E-state index contributed by atoms with van der Waals surface area (Å²) < 4.78 is 49.3. The SMILES string of the molecule is CCCCCCC=CCCCCCCCCCC(=O)OC(COC(=O)CCCCCCCC=CCCCCCC)COP(=O)(O)OC1C(O)C(O)C(O)C(OP(=O)(O)O)C1O. The lowest BCUT2D eigenvalue weighted by atomic mass is 9.85. The fourth-order valence-corrected chi connectivity index (χ4v) is 8.44. The summed E-state index contributed by atoms with van der Waals surface area (Å²) in [5, 5.41) is 41.2. The van der Waals surface area contributed by atoms with E-state index in [0.717, 1.165) is 89.9 Å². The van der Waals surface area contributed by atoms with Gasteiger partial charge in [-0.25, -0.2) is 9.13 Å². The van der Waals surface area contributed by atoms with Gasteiger partial charge in [0.25, 0.3) is 0 Å². The van der Waals surface area contributed by atoms with E-state index in [9.17, 15) is 44.0 Å². The summed E-state index contributed by atoms with van der Waals surface area (Å²) in [6.07, 6.45) is 20.0. The lowest BCUT2D eigenvalue weighted by Crippen LogP contribution is -2.64. The van der Waals surface area contributed by atoms with E-state index in [4.69, 9.17) is 28.3 Å². The third kappa shape index (κ3) is 29.5. The van der Waals surface area contributed by atoms with Crippen LogP contribution >= 0.6 is 15.6 Å². The van der Waals surface area contributed by atoms with E-state index in [1.54, 1.807) is 0 Å². The second-order valence-corrected chi connectivity index (χ2v) is 18.7. The van der Waals surface area contributed by atoms with Crippen molar-refractivity contribution in [2.75, 3.05) is 13.2 Å². The summed E-state index contributed by atoms with van der Waals surface area (Å²) in [6.45, 7) is 3.06. The minimum Gasteiger partial charge on any atom is -0.462 e. The number of phosphoric acid groups is 2. The highest BCUT2D eigenvalue weighted by molar-refractivity contribution is 7.47. The maximum Gasteiger partial charge on any atom is 0.472 e. The van der Waals surface area contributed by atoms with Gasteiger partial charge in [0.05, 0.1) is 6.61 Å². The molecule has 1 aliphatic carbocycles. The van der Waals surface area contributed by atoms with Crippen LogP contribution in [0.1, 0.15) is 181 Å². The summed E-state index contributed by atoms with van der Waals surface area (Å²) >= 11 is 0. The summed E-state index contributed by atoms with van der Waals surface area (Å²) in [5.74, 6) is -1.22. The van der Waals surface area contributed by atoms with Crippen molar-refractivity contribution in [2.45, 2.75) is 224 Å². The minimum atomic E-state index is -5.36. The topological polar surface area (TPSA) is 256 Å². The van der Waals surface area contributed by atoms with Gasteiger partial charge in [0.2, 0.25) is 0 Å². The Kier molecular flexibility index (Phi) is 32.8. The number of aliphatic hydroxyl groups is 4. The third-order valence-electron chi connectivity index (χ3n) is 10.5. The molecule has 18 heteroatoms.